The van der Waals surface area contributed by atoms with Crippen LogP contribution >= 0.6 is 0 Å². The number of hydrogen-bond donors (Lipinski definition) is 2. The molecule has 0 amide bonds. The van der Waals surface area contributed by atoms with Gasteiger partial charge in [0.15, 0.2) is 17.5 Å². The molecular formula is C17H23F2N3O5. The van der Waals surface area contributed by atoms with E-state index in [1.807, 2.05) is 0 Å². The Kier molecular flexibility index (Phi) is 6.65. The van der Waals surface area contributed by atoms with Crippen LogP contribution in [0.5, 0.6) is 17.2 Å². The van der Waals surface area contributed by atoms with Crippen molar-refractivity contribution in [1.29, 1.82) is 0 Å². The Hall–Kier alpha value is -2.78. The number of fused-ring (bicyclic) bond motifs is 1. The van der Waals surface area contributed by atoms with Crippen molar-refractivity contribution in [2.45, 2.75) is 39.5 Å². The summed E-state index contributed by atoms with van der Waals surface area (Å²) in [6.45, 7) is 2.34. The summed E-state index contributed by atoms with van der Waals surface area (Å²) in [6.07, 6.45) is 0. The van der Waals surface area contributed by atoms with E-state index in [0.717, 1.165) is 0 Å². The summed E-state index contributed by atoms with van der Waals surface area (Å²) in [5, 5.41) is 5.71. The first kappa shape index (κ1) is 20.5. The normalized spacial score (nSPS) is 13.5. The quantitative estimate of drug-likeness (QED) is 0.438. The number of hydrogen-bond acceptors (Lipinski definition) is 6. The molecule has 0 radical (unpaired) electrons. The van der Waals surface area contributed by atoms with Crippen LogP contribution in [0.4, 0.5) is 8.78 Å². The van der Waals surface area contributed by atoms with Crippen LogP contribution in [0.15, 0.2) is 17.1 Å². The molecular weight excluding hydrogens is 364 g/mol. The van der Waals surface area contributed by atoms with Crippen molar-refractivity contribution in [2.75, 3.05) is 20.4 Å². The molecule has 0 fully saturated rings. The number of esters is 1. The maximum atomic E-state index is 12.7. The number of carbonyl (C=O) groups is 1. The zero-order valence-corrected chi connectivity index (χ0v) is 15.6. The smallest absolute Gasteiger partial charge is 0.387 e. The zero-order chi connectivity index (χ0) is 20.0. The summed E-state index contributed by atoms with van der Waals surface area (Å²) in [4.78, 5) is 15.7. The molecule has 8 nitrogen and oxygen atoms in total. The van der Waals surface area contributed by atoms with Gasteiger partial charge in [-0.05, 0) is 26.8 Å². The number of ether oxygens (including phenoxy) is 4. The van der Waals surface area contributed by atoms with Crippen LogP contribution in [-0.2, 0) is 16.1 Å². The molecule has 1 aromatic carbocycles. The van der Waals surface area contributed by atoms with E-state index < -0.39 is 18.2 Å². The van der Waals surface area contributed by atoms with E-state index >= 15 is 0 Å². The minimum absolute atomic E-state index is 0.0133. The molecule has 0 spiro atoms. The monoisotopic (exact) mass is 387 g/mol. The van der Waals surface area contributed by atoms with Gasteiger partial charge in [0.1, 0.15) is 17.9 Å². The van der Waals surface area contributed by atoms with Gasteiger partial charge in [-0.15, -0.1) is 0 Å². The third-order valence-corrected chi connectivity index (χ3v) is 3.26. The van der Waals surface area contributed by atoms with Crippen LogP contribution in [0.3, 0.4) is 0 Å². The number of nitrogens with one attached hydrogen (secondary N) is 2. The van der Waals surface area contributed by atoms with E-state index in [2.05, 4.69) is 20.4 Å². The lowest BCUT2D eigenvalue weighted by Gasteiger charge is -2.20. The Morgan fingerprint density at radius 3 is 2.52 bits per heavy atom. The number of alkyl halides is 2. The van der Waals surface area contributed by atoms with Crippen LogP contribution in [0.25, 0.3) is 0 Å². The Balaban J connectivity index is 1.98. The summed E-state index contributed by atoms with van der Waals surface area (Å²) in [7, 11) is 1.51. The van der Waals surface area contributed by atoms with Gasteiger partial charge in [-0.25, -0.2) is 0 Å². The molecule has 1 heterocycles. The number of guanidine groups is 1. The summed E-state index contributed by atoms with van der Waals surface area (Å²) in [5.74, 6) is 0.577. The summed E-state index contributed by atoms with van der Waals surface area (Å²) in [6, 6.07) is 2.90. The number of halogens is 2. The van der Waals surface area contributed by atoms with Crippen LogP contribution < -0.4 is 24.8 Å². The molecule has 2 N–H and O–H groups in total. The van der Waals surface area contributed by atoms with Gasteiger partial charge < -0.3 is 29.6 Å². The maximum absolute atomic E-state index is 12.7. The Labute approximate surface area is 155 Å². The molecule has 10 heteroatoms. The molecule has 0 saturated heterocycles. The number of nitrogens with zero attached hydrogens (tertiary/aromatic N) is 1. The van der Waals surface area contributed by atoms with E-state index in [1.54, 1.807) is 26.8 Å². The van der Waals surface area contributed by atoms with Gasteiger partial charge in [-0.1, -0.05) is 0 Å². The first-order valence-electron chi connectivity index (χ1n) is 8.21. The van der Waals surface area contributed by atoms with Crippen LogP contribution in [0, 0.1) is 0 Å². The zero-order valence-electron chi connectivity index (χ0n) is 15.6. The highest BCUT2D eigenvalue weighted by molar-refractivity contribution is 5.84. The standard InChI is InChI=1S/C17H23F2N3O5/c1-17(2,3)27-14(23)8-22-16(20-4)21-7-10-5-12-13(25-9-24-12)6-11(10)26-15(18)19/h5-6,15H,7-9H2,1-4H3,(H2,20,21,22). The lowest BCUT2D eigenvalue weighted by Crippen LogP contribution is -2.41. The topological polar surface area (TPSA) is 90.4 Å². The van der Waals surface area contributed by atoms with Crippen molar-refractivity contribution in [2.24, 2.45) is 4.99 Å². The molecule has 1 aliphatic rings. The molecule has 0 unspecified atom stereocenters. The Bertz CT molecular complexity index is 705. The van der Waals surface area contributed by atoms with Crippen LogP contribution in [0.2, 0.25) is 0 Å². The second-order valence-corrected chi connectivity index (χ2v) is 6.56. The lowest BCUT2D eigenvalue weighted by atomic mass is 10.1. The second kappa shape index (κ2) is 8.74. The van der Waals surface area contributed by atoms with Crippen molar-refractivity contribution in [3.8, 4) is 17.2 Å². The van der Waals surface area contributed by atoms with Gasteiger partial charge in [-0.2, -0.15) is 8.78 Å². The fourth-order valence-corrected chi connectivity index (χ4v) is 2.24. The van der Waals surface area contributed by atoms with E-state index in [-0.39, 0.29) is 25.6 Å². The highest BCUT2D eigenvalue weighted by Gasteiger charge is 2.20. The molecule has 1 aliphatic heterocycles. The van der Waals surface area contributed by atoms with Gasteiger partial charge in [0.05, 0.1) is 0 Å². The lowest BCUT2D eigenvalue weighted by molar-refractivity contribution is -0.153. The van der Waals surface area contributed by atoms with Crippen molar-refractivity contribution >= 4 is 11.9 Å². The van der Waals surface area contributed by atoms with Crippen molar-refractivity contribution in [3.05, 3.63) is 17.7 Å². The molecule has 0 aromatic heterocycles. The number of rotatable bonds is 6. The van der Waals surface area contributed by atoms with Gasteiger partial charge in [-0.3, -0.25) is 9.79 Å². The maximum Gasteiger partial charge on any atom is 0.387 e. The van der Waals surface area contributed by atoms with E-state index in [0.29, 0.717) is 23.0 Å². The third kappa shape index (κ3) is 6.46. The highest BCUT2D eigenvalue weighted by atomic mass is 19.3. The molecule has 2 rings (SSSR count). The van der Waals surface area contributed by atoms with E-state index in [9.17, 15) is 13.6 Å². The van der Waals surface area contributed by atoms with E-state index in [1.165, 1.54) is 13.1 Å². The SMILES string of the molecule is CN=C(NCC(=O)OC(C)(C)C)NCc1cc2c(cc1OC(F)F)OCO2. The first-order valence-corrected chi connectivity index (χ1v) is 8.21. The minimum atomic E-state index is -2.98. The molecule has 27 heavy (non-hydrogen) atoms. The largest absolute Gasteiger partial charge is 0.459 e. The molecule has 0 atom stereocenters. The van der Waals surface area contributed by atoms with Crippen molar-refractivity contribution in [3.63, 3.8) is 0 Å². The Morgan fingerprint density at radius 1 is 1.26 bits per heavy atom. The van der Waals surface area contributed by atoms with Crippen LogP contribution in [-0.4, -0.2) is 44.5 Å². The van der Waals surface area contributed by atoms with Gasteiger partial charge in [0, 0.05) is 25.2 Å². The second-order valence-electron chi connectivity index (χ2n) is 6.56. The molecule has 0 saturated carbocycles. The predicted octanol–water partition coefficient (Wildman–Crippen LogP) is 2.02. The summed E-state index contributed by atoms with van der Waals surface area (Å²) >= 11 is 0. The van der Waals surface area contributed by atoms with Gasteiger partial charge in [0.25, 0.3) is 0 Å². The van der Waals surface area contributed by atoms with Crippen molar-refractivity contribution in [1.82, 2.24) is 10.6 Å². The average Bonchev–Trinajstić information content (AvgIpc) is 2.99. The molecule has 0 aliphatic carbocycles. The summed E-state index contributed by atoms with van der Waals surface area (Å²) < 4.78 is 45.5. The van der Waals surface area contributed by atoms with E-state index in [4.69, 9.17) is 14.2 Å². The number of aliphatic imine (C=N–C) groups is 1. The fourth-order valence-electron chi connectivity index (χ4n) is 2.24. The van der Waals surface area contributed by atoms with Crippen LogP contribution in [0.1, 0.15) is 26.3 Å². The fraction of sp³-hybridized carbons (Fsp3) is 0.529. The third-order valence-electron chi connectivity index (χ3n) is 3.26. The molecule has 1 aromatic rings. The summed E-state index contributed by atoms with van der Waals surface area (Å²) in [5.41, 5.74) is -0.177. The molecule has 150 valence electrons. The number of carbonyl (C=O) groups excluding carboxylic acids is 1. The minimum Gasteiger partial charge on any atom is -0.459 e. The highest BCUT2D eigenvalue weighted by Crippen LogP contribution is 2.38. The van der Waals surface area contributed by atoms with Gasteiger partial charge in [0.2, 0.25) is 6.79 Å². The average molecular weight is 387 g/mol. The Morgan fingerprint density at radius 2 is 1.93 bits per heavy atom. The number of benzene rings is 1. The first-order chi connectivity index (χ1) is 12.7. The van der Waals surface area contributed by atoms with Gasteiger partial charge >= 0.3 is 12.6 Å². The van der Waals surface area contributed by atoms with Crippen molar-refractivity contribution < 1.29 is 32.5 Å². The molecule has 0 bridgehead atoms. The predicted molar refractivity (Wildman–Crippen MR) is 93.2 cm³/mol.